The highest BCUT2D eigenvalue weighted by atomic mass is 32.2. The van der Waals surface area contributed by atoms with Crippen molar-refractivity contribution in [3.63, 3.8) is 0 Å². The van der Waals surface area contributed by atoms with Crippen LogP contribution < -0.4 is 5.32 Å². The lowest BCUT2D eigenvalue weighted by molar-refractivity contribution is 0.252. The van der Waals surface area contributed by atoms with Crippen LogP contribution in [0.4, 0.5) is 0 Å². The molecule has 4 heteroatoms. The molecule has 0 spiro atoms. The molecule has 3 nitrogen and oxygen atoms in total. The van der Waals surface area contributed by atoms with Gasteiger partial charge in [0.05, 0.1) is 5.25 Å². The fraction of sp³-hybridized carbons (Fsp3) is 1.00. The molecule has 2 aliphatic carbocycles. The summed E-state index contributed by atoms with van der Waals surface area (Å²) in [5, 5.41) is 3.60. The Hall–Kier alpha value is -0.0900. The highest BCUT2D eigenvalue weighted by Crippen LogP contribution is 2.38. The summed E-state index contributed by atoms with van der Waals surface area (Å²) in [7, 11) is -2.85. The summed E-state index contributed by atoms with van der Waals surface area (Å²) < 4.78 is 23.6. The van der Waals surface area contributed by atoms with Crippen LogP contribution >= 0.6 is 0 Å². The van der Waals surface area contributed by atoms with Gasteiger partial charge in [0.25, 0.3) is 0 Å². The molecule has 0 heterocycles. The Labute approximate surface area is 118 Å². The smallest absolute Gasteiger partial charge is 0.150 e. The van der Waals surface area contributed by atoms with Crippen LogP contribution in [0.1, 0.15) is 58.3 Å². The van der Waals surface area contributed by atoms with E-state index in [4.69, 9.17) is 0 Å². The van der Waals surface area contributed by atoms with Gasteiger partial charge >= 0.3 is 0 Å². The molecule has 1 N–H and O–H groups in total. The van der Waals surface area contributed by atoms with E-state index >= 15 is 0 Å². The van der Waals surface area contributed by atoms with Gasteiger partial charge in [-0.25, -0.2) is 8.42 Å². The summed E-state index contributed by atoms with van der Waals surface area (Å²) in [6.07, 6.45) is 10.6. The van der Waals surface area contributed by atoms with Crippen LogP contribution in [-0.2, 0) is 9.84 Å². The van der Waals surface area contributed by atoms with Crippen LogP contribution in [-0.4, -0.2) is 32.5 Å². The van der Waals surface area contributed by atoms with Gasteiger partial charge in [-0.2, -0.15) is 0 Å². The second-order valence-corrected chi connectivity index (χ2v) is 8.94. The fourth-order valence-electron chi connectivity index (χ4n) is 3.42. The van der Waals surface area contributed by atoms with Gasteiger partial charge in [0.15, 0.2) is 0 Å². The molecule has 0 aromatic rings. The van der Waals surface area contributed by atoms with Gasteiger partial charge in [0, 0.05) is 12.3 Å². The first-order valence-corrected chi connectivity index (χ1v) is 9.88. The minimum absolute atomic E-state index is 0.0867. The molecule has 0 aromatic carbocycles. The van der Waals surface area contributed by atoms with Crippen LogP contribution in [0.25, 0.3) is 0 Å². The zero-order chi connectivity index (χ0) is 13.9. The molecular weight excluding hydrogens is 258 g/mol. The van der Waals surface area contributed by atoms with E-state index in [9.17, 15) is 8.42 Å². The second-order valence-electron chi connectivity index (χ2n) is 6.62. The third-order valence-corrected chi connectivity index (χ3v) is 6.42. The summed E-state index contributed by atoms with van der Waals surface area (Å²) >= 11 is 0. The lowest BCUT2D eigenvalue weighted by Gasteiger charge is -2.34. The van der Waals surface area contributed by atoms with Gasteiger partial charge in [-0.1, -0.05) is 26.2 Å². The molecule has 2 aliphatic rings. The monoisotopic (exact) mass is 287 g/mol. The SMILES string of the molecule is CCCNC(CC1CC1)C1CCCC(S(C)(=O)=O)C1. The molecule has 0 saturated heterocycles. The first kappa shape index (κ1) is 15.3. The topological polar surface area (TPSA) is 46.2 Å². The predicted molar refractivity (Wildman–Crippen MR) is 80.0 cm³/mol. The van der Waals surface area contributed by atoms with Crippen LogP contribution in [0, 0.1) is 11.8 Å². The summed E-state index contributed by atoms with van der Waals surface area (Å²) in [5.41, 5.74) is 0. The van der Waals surface area contributed by atoms with Crippen LogP contribution in [0.15, 0.2) is 0 Å². The number of hydrogen-bond donors (Lipinski definition) is 1. The molecule has 2 saturated carbocycles. The Morgan fingerprint density at radius 1 is 1.21 bits per heavy atom. The van der Waals surface area contributed by atoms with Gasteiger partial charge in [-0.15, -0.1) is 0 Å². The largest absolute Gasteiger partial charge is 0.314 e. The summed E-state index contributed by atoms with van der Waals surface area (Å²) in [6.45, 7) is 3.26. The fourth-order valence-corrected chi connectivity index (χ4v) is 4.61. The number of nitrogens with one attached hydrogen (secondary N) is 1. The molecule has 2 fully saturated rings. The maximum absolute atomic E-state index is 11.8. The van der Waals surface area contributed by atoms with Crippen LogP contribution in [0.2, 0.25) is 0 Å². The molecule has 0 aromatic heterocycles. The summed E-state index contributed by atoms with van der Waals surface area (Å²) in [5.74, 6) is 1.48. The third-order valence-electron chi connectivity index (χ3n) is 4.78. The lowest BCUT2D eigenvalue weighted by Crippen LogP contribution is -2.41. The van der Waals surface area contributed by atoms with Crippen molar-refractivity contribution < 1.29 is 8.42 Å². The Morgan fingerprint density at radius 3 is 2.53 bits per heavy atom. The molecule has 0 amide bonds. The second kappa shape index (κ2) is 6.57. The van der Waals surface area contributed by atoms with Crippen LogP contribution in [0.5, 0.6) is 0 Å². The zero-order valence-electron chi connectivity index (χ0n) is 12.4. The Kier molecular flexibility index (Phi) is 5.29. The van der Waals surface area contributed by atoms with E-state index < -0.39 is 9.84 Å². The zero-order valence-corrected chi connectivity index (χ0v) is 13.2. The van der Waals surface area contributed by atoms with Gasteiger partial charge in [-0.05, 0) is 50.5 Å². The summed E-state index contributed by atoms with van der Waals surface area (Å²) in [6, 6.07) is 0.553. The van der Waals surface area contributed by atoms with Gasteiger partial charge in [-0.3, -0.25) is 0 Å². The Balaban J connectivity index is 1.94. The number of sulfone groups is 1. The normalized spacial score (nSPS) is 30.2. The molecule has 112 valence electrons. The number of hydrogen-bond acceptors (Lipinski definition) is 3. The predicted octanol–water partition coefficient (Wildman–Crippen LogP) is 2.76. The van der Waals surface area contributed by atoms with E-state index in [1.54, 1.807) is 0 Å². The first-order chi connectivity index (χ1) is 9.00. The van der Waals surface area contributed by atoms with Crippen molar-refractivity contribution in [2.45, 2.75) is 69.6 Å². The molecular formula is C15H29NO2S. The maximum atomic E-state index is 11.8. The van der Waals surface area contributed by atoms with E-state index in [2.05, 4.69) is 12.2 Å². The van der Waals surface area contributed by atoms with Crippen molar-refractivity contribution >= 4 is 9.84 Å². The molecule has 0 aliphatic heterocycles. The summed E-state index contributed by atoms with van der Waals surface area (Å²) in [4.78, 5) is 0. The average molecular weight is 287 g/mol. The minimum Gasteiger partial charge on any atom is -0.314 e. The molecule has 3 unspecified atom stereocenters. The van der Waals surface area contributed by atoms with Crippen molar-refractivity contribution in [2.75, 3.05) is 12.8 Å². The van der Waals surface area contributed by atoms with Crippen molar-refractivity contribution in [1.82, 2.24) is 5.32 Å². The highest BCUT2D eigenvalue weighted by Gasteiger charge is 2.35. The van der Waals surface area contributed by atoms with E-state index in [1.165, 1.54) is 31.9 Å². The van der Waals surface area contributed by atoms with Gasteiger partial charge < -0.3 is 5.32 Å². The molecule has 19 heavy (non-hydrogen) atoms. The van der Waals surface area contributed by atoms with E-state index in [0.29, 0.717) is 12.0 Å². The van der Waals surface area contributed by atoms with Gasteiger partial charge in [0.1, 0.15) is 9.84 Å². The number of rotatable bonds is 7. The molecule has 0 bridgehead atoms. The first-order valence-electron chi connectivity index (χ1n) is 7.93. The average Bonchev–Trinajstić information content (AvgIpc) is 3.17. The van der Waals surface area contributed by atoms with Crippen molar-refractivity contribution in [2.24, 2.45) is 11.8 Å². The third kappa shape index (κ3) is 4.75. The Morgan fingerprint density at radius 2 is 1.95 bits per heavy atom. The minimum atomic E-state index is -2.85. The van der Waals surface area contributed by atoms with Crippen molar-refractivity contribution in [3.8, 4) is 0 Å². The molecule has 0 radical (unpaired) electrons. The van der Waals surface area contributed by atoms with Crippen LogP contribution in [0.3, 0.4) is 0 Å². The van der Waals surface area contributed by atoms with Crippen molar-refractivity contribution in [1.29, 1.82) is 0 Å². The maximum Gasteiger partial charge on any atom is 0.150 e. The standard InChI is InChI=1S/C15H29NO2S/c1-3-9-16-15(10-12-7-8-12)13-5-4-6-14(11-13)19(2,17)18/h12-16H,3-11H2,1-2H3. The highest BCUT2D eigenvalue weighted by molar-refractivity contribution is 7.91. The molecule has 3 atom stereocenters. The lowest BCUT2D eigenvalue weighted by atomic mass is 9.81. The van der Waals surface area contributed by atoms with Crippen molar-refractivity contribution in [3.05, 3.63) is 0 Å². The Bertz CT molecular complexity index is 376. The van der Waals surface area contributed by atoms with Gasteiger partial charge in [0.2, 0.25) is 0 Å². The van der Waals surface area contributed by atoms with E-state index in [-0.39, 0.29) is 5.25 Å². The van der Waals surface area contributed by atoms with E-state index in [0.717, 1.165) is 38.1 Å². The molecule has 2 rings (SSSR count). The quantitative estimate of drug-likeness (QED) is 0.783. The van der Waals surface area contributed by atoms with E-state index in [1.807, 2.05) is 0 Å².